The summed E-state index contributed by atoms with van der Waals surface area (Å²) in [5.74, 6) is 0. The maximum atomic E-state index is 4.24. The van der Waals surface area contributed by atoms with Gasteiger partial charge in [0.15, 0.2) is 0 Å². The summed E-state index contributed by atoms with van der Waals surface area (Å²) in [7, 11) is 0. The molecule has 24 heavy (non-hydrogen) atoms. The SMILES string of the molecule is Cc1cc(C)c(CNCc2ccc(Cn3cccn3)cc2)cc1C. The fourth-order valence-corrected chi connectivity index (χ4v) is 2.90. The molecule has 3 aromatic rings. The predicted octanol–water partition coefficient (Wildman–Crippen LogP) is 4.15. The molecule has 3 nitrogen and oxygen atoms in total. The number of hydrogen-bond acceptors (Lipinski definition) is 2. The Balaban J connectivity index is 1.54. The Bertz CT molecular complexity index is 787. The molecule has 3 rings (SSSR count). The van der Waals surface area contributed by atoms with Crippen molar-refractivity contribution in [3.05, 3.63) is 88.2 Å². The zero-order valence-corrected chi connectivity index (χ0v) is 14.7. The molecule has 0 saturated heterocycles. The van der Waals surface area contributed by atoms with Crippen LogP contribution in [0, 0.1) is 20.8 Å². The van der Waals surface area contributed by atoms with Gasteiger partial charge in [0.05, 0.1) is 6.54 Å². The van der Waals surface area contributed by atoms with E-state index in [9.17, 15) is 0 Å². The topological polar surface area (TPSA) is 29.9 Å². The average Bonchev–Trinajstić information content (AvgIpc) is 3.07. The summed E-state index contributed by atoms with van der Waals surface area (Å²) in [6.07, 6.45) is 3.80. The lowest BCUT2D eigenvalue weighted by molar-refractivity contribution is 0.680. The van der Waals surface area contributed by atoms with Gasteiger partial charge in [-0.3, -0.25) is 4.68 Å². The van der Waals surface area contributed by atoms with Crippen molar-refractivity contribution in [3.8, 4) is 0 Å². The minimum absolute atomic E-state index is 0.822. The van der Waals surface area contributed by atoms with Crippen LogP contribution in [0.3, 0.4) is 0 Å². The van der Waals surface area contributed by atoms with Gasteiger partial charge in [0.1, 0.15) is 0 Å². The van der Waals surface area contributed by atoms with Gasteiger partial charge in [0.25, 0.3) is 0 Å². The second kappa shape index (κ2) is 7.45. The van der Waals surface area contributed by atoms with E-state index in [1.54, 1.807) is 0 Å². The molecule has 0 aliphatic carbocycles. The Hall–Kier alpha value is -2.39. The molecule has 0 spiro atoms. The highest BCUT2D eigenvalue weighted by molar-refractivity contribution is 5.36. The van der Waals surface area contributed by atoms with Gasteiger partial charge < -0.3 is 5.32 Å². The van der Waals surface area contributed by atoms with Crippen molar-refractivity contribution >= 4 is 0 Å². The van der Waals surface area contributed by atoms with E-state index in [0.717, 1.165) is 19.6 Å². The minimum atomic E-state index is 0.822. The van der Waals surface area contributed by atoms with Gasteiger partial charge in [-0.25, -0.2) is 0 Å². The van der Waals surface area contributed by atoms with Crippen LogP contribution < -0.4 is 5.32 Å². The predicted molar refractivity (Wildman–Crippen MR) is 99.0 cm³/mol. The molecule has 0 atom stereocenters. The van der Waals surface area contributed by atoms with Crippen LogP contribution in [-0.4, -0.2) is 9.78 Å². The lowest BCUT2D eigenvalue weighted by Gasteiger charge is -2.11. The molecule has 124 valence electrons. The second-order valence-electron chi connectivity index (χ2n) is 6.49. The summed E-state index contributed by atoms with van der Waals surface area (Å²) in [6.45, 7) is 9.15. The van der Waals surface area contributed by atoms with Crippen molar-refractivity contribution < 1.29 is 0 Å². The van der Waals surface area contributed by atoms with Crippen molar-refractivity contribution in [3.63, 3.8) is 0 Å². The molecular formula is C21H25N3. The van der Waals surface area contributed by atoms with E-state index in [2.05, 4.69) is 67.6 Å². The van der Waals surface area contributed by atoms with Crippen molar-refractivity contribution in [1.82, 2.24) is 15.1 Å². The number of rotatable bonds is 6. The molecule has 0 amide bonds. The van der Waals surface area contributed by atoms with Crippen molar-refractivity contribution in [2.24, 2.45) is 0 Å². The van der Waals surface area contributed by atoms with Gasteiger partial charge in [-0.15, -0.1) is 0 Å². The van der Waals surface area contributed by atoms with Gasteiger partial charge in [0.2, 0.25) is 0 Å². The number of aromatic nitrogens is 2. The van der Waals surface area contributed by atoms with Crippen LogP contribution >= 0.6 is 0 Å². The summed E-state index contributed by atoms with van der Waals surface area (Å²) in [6, 6.07) is 15.3. The number of nitrogens with one attached hydrogen (secondary N) is 1. The largest absolute Gasteiger partial charge is 0.309 e. The third-order valence-corrected chi connectivity index (χ3v) is 4.52. The zero-order chi connectivity index (χ0) is 16.9. The smallest absolute Gasteiger partial charge is 0.0659 e. The first kappa shape index (κ1) is 16.5. The van der Waals surface area contributed by atoms with Crippen LogP contribution in [0.25, 0.3) is 0 Å². The molecule has 0 bridgehead atoms. The van der Waals surface area contributed by atoms with E-state index in [1.165, 1.54) is 33.4 Å². The molecule has 1 N–H and O–H groups in total. The Kier molecular flexibility index (Phi) is 5.11. The number of aryl methyl sites for hydroxylation is 3. The van der Waals surface area contributed by atoms with Gasteiger partial charge in [-0.1, -0.05) is 36.4 Å². The van der Waals surface area contributed by atoms with Crippen LogP contribution in [0.1, 0.15) is 33.4 Å². The lowest BCUT2D eigenvalue weighted by atomic mass is 10.0. The Morgan fingerprint density at radius 2 is 1.58 bits per heavy atom. The number of nitrogens with zero attached hydrogens (tertiary/aromatic N) is 2. The van der Waals surface area contributed by atoms with Crippen LogP contribution in [-0.2, 0) is 19.6 Å². The van der Waals surface area contributed by atoms with Crippen molar-refractivity contribution in [2.75, 3.05) is 0 Å². The third-order valence-electron chi connectivity index (χ3n) is 4.52. The first-order valence-electron chi connectivity index (χ1n) is 8.44. The third kappa shape index (κ3) is 4.12. The molecule has 0 radical (unpaired) electrons. The molecule has 0 aliphatic heterocycles. The fraction of sp³-hybridized carbons (Fsp3) is 0.286. The molecule has 0 aliphatic rings. The molecular weight excluding hydrogens is 294 g/mol. The second-order valence-corrected chi connectivity index (χ2v) is 6.49. The van der Waals surface area contributed by atoms with Gasteiger partial charge >= 0.3 is 0 Å². The monoisotopic (exact) mass is 319 g/mol. The number of hydrogen-bond donors (Lipinski definition) is 1. The highest BCUT2D eigenvalue weighted by Gasteiger charge is 2.02. The van der Waals surface area contributed by atoms with Gasteiger partial charge in [0, 0.05) is 25.5 Å². The molecule has 2 aromatic carbocycles. The van der Waals surface area contributed by atoms with E-state index in [4.69, 9.17) is 0 Å². The first-order chi connectivity index (χ1) is 11.6. The molecule has 1 heterocycles. The molecule has 0 unspecified atom stereocenters. The summed E-state index contributed by atoms with van der Waals surface area (Å²) in [5.41, 5.74) is 8.05. The van der Waals surface area contributed by atoms with Crippen LogP contribution in [0.5, 0.6) is 0 Å². The quantitative estimate of drug-likeness (QED) is 0.740. The molecule has 3 heteroatoms. The first-order valence-corrected chi connectivity index (χ1v) is 8.44. The maximum Gasteiger partial charge on any atom is 0.0659 e. The normalized spacial score (nSPS) is 11.0. The van der Waals surface area contributed by atoms with Gasteiger partial charge in [-0.2, -0.15) is 5.10 Å². The maximum absolute atomic E-state index is 4.24. The van der Waals surface area contributed by atoms with Crippen molar-refractivity contribution in [1.29, 1.82) is 0 Å². The fourth-order valence-electron chi connectivity index (χ4n) is 2.90. The summed E-state index contributed by atoms with van der Waals surface area (Å²) < 4.78 is 1.94. The van der Waals surface area contributed by atoms with Crippen LogP contribution in [0.15, 0.2) is 54.9 Å². The Morgan fingerprint density at radius 3 is 2.29 bits per heavy atom. The van der Waals surface area contributed by atoms with Crippen LogP contribution in [0.2, 0.25) is 0 Å². The summed E-state index contributed by atoms with van der Waals surface area (Å²) in [4.78, 5) is 0. The zero-order valence-electron chi connectivity index (χ0n) is 14.7. The standard InChI is InChI=1S/C21H25N3/c1-16-11-18(3)21(12-17(16)2)14-22-13-19-5-7-20(8-6-19)15-24-10-4-9-23-24/h4-12,22H,13-15H2,1-3H3. The summed E-state index contributed by atoms with van der Waals surface area (Å²) >= 11 is 0. The highest BCUT2D eigenvalue weighted by Crippen LogP contribution is 2.15. The van der Waals surface area contributed by atoms with E-state index in [1.807, 2.05) is 23.1 Å². The number of benzene rings is 2. The van der Waals surface area contributed by atoms with Crippen molar-refractivity contribution in [2.45, 2.75) is 40.4 Å². The molecule has 1 aromatic heterocycles. The average molecular weight is 319 g/mol. The van der Waals surface area contributed by atoms with Gasteiger partial charge in [-0.05, 0) is 60.2 Å². The Labute approximate surface area is 144 Å². The van der Waals surface area contributed by atoms with E-state index in [0.29, 0.717) is 0 Å². The van der Waals surface area contributed by atoms with E-state index in [-0.39, 0.29) is 0 Å². The Morgan fingerprint density at radius 1 is 0.875 bits per heavy atom. The van der Waals surface area contributed by atoms with E-state index < -0.39 is 0 Å². The molecule has 0 saturated carbocycles. The lowest BCUT2D eigenvalue weighted by Crippen LogP contribution is -2.14. The highest BCUT2D eigenvalue weighted by atomic mass is 15.3. The minimum Gasteiger partial charge on any atom is -0.309 e. The van der Waals surface area contributed by atoms with E-state index >= 15 is 0 Å². The molecule has 0 fully saturated rings. The van der Waals surface area contributed by atoms with Crippen LogP contribution in [0.4, 0.5) is 0 Å². The summed E-state index contributed by atoms with van der Waals surface area (Å²) in [5, 5.41) is 7.80.